The maximum atomic E-state index is 6.45. The second-order valence-corrected chi connectivity index (χ2v) is 9.07. The van der Waals surface area contributed by atoms with E-state index in [2.05, 4.69) is 51.5 Å². The molecule has 0 spiro atoms. The van der Waals surface area contributed by atoms with E-state index in [-0.39, 0.29) is 6.04 Å². The van der Waals surface area contributed by atoms with Gasteiger partial charge in [-0.2, -0.15) is 5.10 Å². The molecule has 2 rings (SSSR count). The maximum absolute atomic E-state index is 6.45. The van der Waals surface area contributed by atoms with Gasteiger partial charge >= 0.3 is 0 Å². The smallest absolute Gasteiger partial charge is 0.127 e. The molecule has 30 heavy (non-hydrogen) atoms. The Morgan fingerprint density at radius 2 is 1.83 bits per heavy atom. The number of hydrogen-bond acceptors (Lipinski definition) is 5. The van der Waals surface area contributed by atoms with Gasteiger partial charge in [-0.15, -0.1) is 0 Å². The van der Waals surface area contributed by atoms with Crippen molar-refractivity contribution < 1.29 is 0 Å². The average molecular weight is 417 g/mol. The summed E-state index contributed by atoms with van der Waals surface area (Å²) in [6.45, 7) is 17.4. The summed E-state index contributed by atoms with van der Waals surface area (Å²) in [6.07, 6.45) is 7.65. The summed E-state index contributed by atoms with van der Waals surface area (Å²) < 4.78 is 1.91. The molecule has 0 aromatic carbocycles. The van der Waals surface area contributed by atoms with Crippen LogP contribution in [-0.4, -0.2) is 58.4 Å². The molecule has 1 aliphatic rings. The molecule has 2 heterocycles. The third-order valence-electron chi connectivity index (χ3n) is 6.52. The number of allylic oxidation sites excluding steroid dienone is 2. The van der Waals surface area contributed by atoms with E-state index < -0.39 is 0 Å². The summed E-state index contributed by atoms with van der Waals surface area (Å²) in [7, 11) is 2.19. The highest BCUT2D eigenvalue weighted by Crippen LogP contribution is 2.21. The fraction of sp³-hybridized carbons (Fsp3) is 0.750. The molecule has 0 bridgehead atoms. The second-order valence-electron chi connectivity index (χ2n) is 9.07. The van der Waals surface area contributed by atoms with E-state index in [0.717, 1.165) is 68.6 Å². The zero-order chi connectivity index (χ0) is 22.3. The molecule has 170 valence electrons. The highest BCUT2D eigenvalue weighted by molar-refractivity contribution is 5.98. The van der Waals surface area contributed by atoms with Crippen molar-refractivity contribution in [2.75, 3.05) is 33.2 Å². The molecular weight excluding hydrogens is 372 g/mol. The molecule has 1 fully saturated rings. The number of aromatic nitrogens is 2. The van der Waals surface area contributed by atoms with E-state index in [0.29, 0.717) is 0 Å². The normalized spacial score (nSPS) is 19.1. The monoisotopic (exact) mass is 416 g/mol. The molecule has 0 aliphatic carbocycles. The van der Waals surface area contributed by atoms with Crippen molar-refractivity contribution in [3.63, 3.8) is 0 Å². The second kappa shape index (κ2) is 11.7. The quantitative estimate of drug-likeness (QED) is 0.568. The number of nitrogens with two attached hydrogens (primary N) is 1. The van der Waals surface area contributed by atoms with Crippen LogP contribution in [0.2, 0.25) is 0 Å². The molecule has 0 amide bonds. The van der Waals surface area contributed by atoms with Gasteiger partial charge in [0, 0.05) is 32.2 Å². The molecule has 2 N–H and O–H groups in total. The van der Waals surface area contributed by atoms with Gasteiger partial charge in [0.05, 0.1) is 23.3 Å². The number of aryl methyl sites for hydroxylation is 1. The van der Waals surface area contributed by atoms with Gasteiger partial charge in [-0.05, 0) is 52.2 Å². The van der Waals surface area contributed by atoms with Crippen molar-refractivity contribution in [1.29, 1.82) is 0 Å². The SMILES string of the molecule is CCC(C)=C(C(C)=Nn1cc(C(N)CCCC(C)CC)nc1C)N1CCN(C)CC1. The third-order valence-corrected chi connectivity index (χ3v) is 6.52. The summed E-state index contributed by atoms with van der Waals surface area (Å²) in [5.74, 6) is 1.67. The van der Waals surface area contributed by atoms with Gasteiger partial charge in [-0.3, -0.25) is 0 Å². The molecule has 1 aliphatic heterocycles. The van der Waals surface area contributed by atoms with Crippen molar-refractivity contribution in [2.24, 2.45) is 16.8 Å². The average Bonchev–Trinajstić information content (AvgIpc) is 3.09. The van der Waals surface area contributed by atoms with Crippen molar-refractivity contribution in [2.45, 2.75) is 79.7 Å². The number of nitrogens with zero attached hydrogens (tertiary/aromatic N) is 5. The zero-order valence-electron chi connectivity index (χ0n) is 20.4. The Labute approximate surface area is 184 Å². The topological polar surface area (TPSA) is 62.7 Å². The van der Waals surface area contributed by atoms with Crippen LogP contribution < -0.4 is 5.73 Å². The highest BCUT2D eigenvalue weighted by Gasteiger charge is 2.20. The van der Waals surface area contributed by atoms with Crippen molar-refractivity contribution in [3.05, 3.63) is 29.0 Å². The Hall–Kier alpha value is -1.66. The van der Waals surface area contributed by atoms with Crippen molar-refractivity contribution in [3.8, 4) is 0 Å². The van der Waals surface area contributed by atoms with Crippen molar-refractivity contribution >= 4 is 5.71 Å². The number of hydrogen-bond donors (Lipinski definition) is 1. The summed E-state index contributed by atoms with van der Waals surface area (Å²) in [5, 5.41) is 4.95. The lowest BCUT2D eigenvalue weighted by molar-refractivity contribution is 0.191. The van der Waals surface area contributed by atoms with E-state index in [9.17, 15) is 0 Å². The van der Waals surface area contributed by atoms with Crippen LogP contribution in [-0.2, 0) is 0 Å². The number of piperazine rings is 1. The lowest BCUT2D eigenvalue weighted by atomic mass is 9.99. The first kappa shape index (κ1) is 24.6. The Morgan fingerprint density at radius 1 is 1.17 bits per heavy atom. The summed E-state index contributed by atoms with van der Waals surface area (Å²) in [4.78, 5) is 9.60. The number of imidazole rings is 1. The lowest BCUT2D eigenvalue weighted by Gasteiger charge is -2.36. The van der Waals surface area contributed by atoms with E-state index >= 15 is 0 Å². The summed E-state index contributed by atoms with van der Waals surface area (Å²) in [6, 6.07) is -0.0189. The first-order valence-electron chi connectivity index (χ1n) is 11.8. The molecule has 2 unspecified atom stereocenters. The van der Waals surface area contributed by atoms with Gasteiger partial charge in [-0.1, -0.05) is 40.0 Å². The maximum Gasteiger partial charge on any atom is 0.127 e. The van der Waals surface area contributed by atoms with Crippen LogP contribution in [0.1, 0.15) is 84.3 Å². The first-order chi connectivity index (χ1) is 14.3. The van der Waals surface area contributed by atoms with Gasteiger partial charge in [0.15, 0.2) is 0 Å². The minimum absolute atomic E-state index is 0.0189. The molecule has 1 aromatic rings. The van der Waals surface area contributed by atoms with Crippen molar-refractivity contribution in [1.82, 2.24) is 19.5 Å². The molecule has 6 nitrogen and oxygen atoms in total. The van der Waals surface area contributed by atoms with Gasteiger partial charge in [0.2, 0.25) is 0 Å². The van der Waals surface area contributed by atoms with Crippen LogP contribution in [0.3, 0.4) is 0 Å². The Bertz CT molecular complexity index is 724. The molecule has 1 saturated heterocycles. The minimum Gasteiger partial charge on any atom is -0.367 e. The molecule has 0 saturated carbocycles. The number of likely N-dealkylation sites (N-methyl/N-ethyl adjacent to an activating group) is 1. The zero-order valence-corrected chi connectivity index (χ0v) is 20.4. The van der Waals surface area contributed by atoms with Crippen LogP contribution >= 0.6 is 0 Å². The van der Waals surface area contributed by atoms with Crippen LogP contribution in [0.25, 0.3) is 0 Å². The van der Waals surface area contributed by atoms with E-state index in [4.69, 9.17) is 15.8 Å². The van der Waals surface area contributed by atoms with Gasteiger partial charge in [-0.25, -0.2) is 9.66 Å². The van der Waals surface area contributed by atoms with Gasteiger partial charge in [0.1, 0.15) is 5.82 Å². The van der Waals surface area contributed by atoms with Crippen LogP contribution in [0.4, 0.5) is 0 Å². The molecule has 2 atom stereocenters. The predicted molar refractivity (Wildman–Crippen MR) is 128 cm³/mol. The predicted octanol–water partition coefficient (Wildman–Crippen LogP) is 4.56. The molecule has 6 heteroatoms. The fourth-order valence-corrected chi connectivity index (χ4v) is 4.02. The first-order valence-corrected chi connectivity index (χ1v) is 11.8. The number of rotatable bonds is 10. The summed E-state index contributed by atoms with van der Waals surface area (Å²) in [5.41, 5.74) is 11.1. The Kier molecular flexibility index (Phi) is 9.56. The third kappa shape index (κ3) is 6.67. The summed E-state index contributed by atoms with van der Waals surface area (Å²) >= 11 is 0. The largest absolute Gasteiger partial charge is 0.367 e. The van der Waals surface area contributed by atoms with Gasteiger partial charge in [0.25, 0.3) is 0 Å². The molecular formula is C24H44N6. The van der Waals surface area contributed by atoms with E-state index in [1.807, 2.05) is 17.8 Å². The van der Waals surface area contributed by atoms with Crippen LogP contribution in [0.15, 0.2) is 22.6 Å². The Morgan fingerprint density at radius 3 is 2.43 bits per heavy atom. The van der Waals surface area contributed by atoms with E-state index in [1.165, 1.54) is 24.1 Å². The lowest BCUT2D eigenvalue weighted by Crippen LogP contribution is -2.45. The fourth-order valence-electron chi connectivity index (χ4n) is 4.02. The standard InChI is InChI=1S/C24H44N6/c1-8-18(3)11-10-12-22(25)23-17-30(21(6)26-23)27-20(5)24(19(4)9-2)29-15-13-28(7)14-16-29/h17-18,22H,8-16,25H2,1-7H3. The Balaban J connectivity index is 2.15. The van der Waals surface area contributed by atoms with Crippen LogP contribution in [0.5, 0.6) is 0 Å². The van der Waals surface area contributed by atoms with Crippen LogP contribution in [0, 0.1) is 12.8 Å². The molecule has 0 radical (unpaired) electrons. The molecule has 1 aromatic heterocycles. The highest BCUT2D eigenvalue weighted by atomic mass is 15.4. The van der Waals surface area contributed by atoms with E-state index in [1.54, 1.807) is 0 Å². The van der Waals surface area contributed by atoms with Gasteiger partial charge < -0.3 is 15.5 Å². The minimum atomic E-state index is -0.0189.